The lowest BCUT2D eigenvalue weighted by molar-refractivity contribution is 0.212. The van der Waals surface area contributed by atoms with Crippen LogP contribution in [0, 0.1) is 0 Å². The Labute approximate surface area is 95.9 Å². The van der Waals surface area contributed by atoms with Crippen molar-refractivity contribution in [2.45, 2.75) is 19.5 Å². The molecule has 3 N–H and O–H groups in total. The summed E-state index contributed by atoms with van der Waals surface area (Å²) in [6.07, 6.45) is 6.05. The number of hydrogen-bond donors (Lipinski definition) is 1. The first kappa shape index (κ1) is 14.9. The van der Waals surface area contributed by atoms with Crippen LogP contribution in [0.25, 0.3) is 0 Å². The van der Waals surface area contributed by atoms with E-state index in [1.807, 2.05) is 29.1 Å². The maximum Gasteiger partial charge on any atom is 0.264 e. The summed E-state index contributed by atoms with van der Waals surface area (Å²) in [5, 5.41) is 0. The molecule has 1 aliphatic heterocycles. The van der Waals surface area contributed by atoms with Crippen LogP contribution in [0.4, 0.5) is 0 Å². The lowest BCUT2D eigenvalue weighted by Crippen LogP contribution is -2.34. The molecule has 1 rings (SSSR count). The van der Waals surface area contributed by atoms with Gasteiger partial charge in [-0.2, -0.15) is 8.42 Å². The van der Waals surface area contributed by atoms with E-state index in [1.54, 1.807) is 6.20 Å². The van der Waals surface area contributed by atoms with Crippen molar-refractivity contribution in [3.05, 3.63) is 25.2 Å². The molecule has 0 aliphatic carbocycles. The Balaban J connectivity index is 0.00000225. The number of rotatable bonds is 5. The molecule has 7 heteroatoms. The molecule has 0 amide bonds. The van der Waals surface area contributed by atoms with Crippen molar-refractivity contribution in [2.24, 2.45) is 0 Å². The molecule has 1 heterocycles. The predicted octanol–water partition coefficient (Wildman–Crippen LogP) is 0.0179. The third-order valence-electron chi connectivity index (χ3n) is 2.37. The van der Waals surface area contributed by atoms with Gasteiger partial charge in [-0.15, -0.1) is 0 Å². The van der Waals surface area contributed by atoms with Crippen LogP contribution in [0.15, 0.2) is 25.2 Å². The molecule has 16 heavy (non-hydrogen) atoms. The van der Waals surface area contributed by atoms with E-state index < -0.39 is 10.1 Å². The van der Waals surface area contributed by atoms with Crippen molar-refractivity contribution in [2.75, 3.05) is 12.3 Å². The molecule has 1 aliphatic rings. The van der Waals surface area contributed by atoms with Crippen molar-refractivity contribution >= 4 is 10.1 Å². The second kappa shape index (κ2) is 5.88. The van der Waals surface area contributed by atoms with Gasteiger partial charge < -0.3 is 15.3 Å². The molecule has 0 bridgehead atoms. The zero-order valence-electron chi connectivity index (χ0n) is 9.20. The summed E-state index contributed by atoms with van der Waals surface area (Å²) in [5.41, 5.74) is 0. The molecule has 94 valence electrons. The molecule has 0 aromatic rings. The minimum atomic E-state index is -3.84. The first-order chi connectivity index (χ1) is 6.94. The van der Waals surface area contributed by atoms with E-state index in [4.69, 9.17) is 4.55 Å². The van der Waals surface area contributed by atoms with Crippen LogP contribution in [0.2, 0.25) is 0 Å². The maximum absolute atomic E-state index is 10.5. The van der Waals surface area contributed by atoms with Crippen LogP contribution in [0.1, 0.15) is 13.3 Å². The van der Waals surface area contributed by atoms with Gasteiger partial charge in [0.15, 0.2) is 0 Å². The van der Waals surface area contributed by atoms with Crippen LogP contribution in [0.5, 0.6) is 0 Å². The third-order valence-corrected chi connectivity index (χ3v) is 3.18. The monoisotopic (exact) mass is 250 g/mol. The number of nitrogens with zero attached hydrogens (tertiary/aromatic N) is 2. The van der Waals surface area contributed by atoms with Gasteiger partial charge in [0, 0.05) is 18.9 Å². The summed E-state index contributed by atoms with van der Waals surface area (Å²) in [6, 6.07) is 0. The smallest absolute Gasteiger partial charge is 0.264 e. The average molecular weight is 250 g/mol. The highest BCUT2D eigenvalue weighted by molar-refractivity contribution is 7.85. The second-order valence-corrected chi connectivity index (χ2v) is 5.01. The Morgan fingerprint density at radius 1 is 1.50 bits per heavy atom. The van der Waals surface area contributed by atoms with Crippen LogP contribution < -0.4 is 0 Å². The van der Waals surface area contributed by atoms with Gasteiger partial charge in [-0.1, -0.05) is 6.58 Å². The van der Waals surface area contributed by atoms with E-state index in [1.165, 1.54) is 0 Å². The lowest BCUT2D eigenvalue weighted by Gasteiger charge is -2.27. The van der Waals surface area contributed by atoms with Gasteiger partial charge in [0.25, 0.3) is 10.1 Å². The zero-order valence-corrected chi connectivity index (χ0v) is 10.0. The van der Waals surface area contributed by atoms with Crippen LogP contribution in [0.3, 0.4) is 0 Å². The van der Waals surface area contributed by atoms with Crippen molar-refractivity contribution in [1.29, 1.82) is 0 Å². The van der Waals surface area contributed by atoms with E-state index in [-0.39, 0.29) is 17.4 Å². The summed E-state index contributed by atoms with van der Waals surface area (Å²) in [6.45, 7) is 6.25. The molecule has 0 fully saturated rings. The van der Waals surface area contributed by atoms with Gasteiger partial charge in [-0.25, -0.2) is 0 Å². The molecular weight excluding hydrogens is 232 g/mol. The highest BCUT2D eigenvalue weighted by Gasteiger charge is 2.19. The maximum atomic E-state index is 10.5. The minimum absolute atomic E-state index is 0. The summed E-state index contributed by atoms with van der Waals surface area (Å²) in [4.78, 5) is 3.92. The summed E-state index contributed by atoms with van der Waals surface area (Å²) in [7, 11) is -3.84. The molecule has 0 saturated heterocycles. The zero-order chi connectivity index (χ0) is 11.5. The molecule has 0 radical (unpaired) electrons. The van der Waals surface area contributed by atoms with Crippen molar-refractivity contribution in [3.63, 3.8) is 0 Å². The number of hydrogen-bond acceptors (Lipinski definition) is 4. The van der Waals surface area contributed by atoms with Gasteiger partial charge in [-0.05, 0) is 19.5 Å². The third kappa shape index (κ3) is 4.21. The Kier molecular flexibility index (Phi) is 5.49. The Hall–Kier alpha value is -1.05. The normalized spacial score (nSPS) is 19.8. The minimum Gasteiger partial charge on any atom is -0.412 e. The molecule has 1 atom stereocenters. The van der Waals surface area contributed by atoms with Crippen LogP contribution in [-0.4, -0.2) is 46.7 Å². The highest BCUT2D eigenvalue weighted by Crippen LogP contribution is 2.15. The molecule has 0 saturated carbocycles. The largest absolute Gasteiger partial charge is 0.412 e. The van der Waals surface area contributed by atoms with Gasteiger partial charge >= 0.3 is 0 Å². The van der Waals surface area contributed by atoms with Crippen molar-refractivity contribution in [1.82, 2.24) is 9.80 Å². The molecule has 0 aromatic carbocycles. The summed E-state index contributed by atoms with van der Waals surface area (Å²) in [5.74, 6) is -0.196. The fraction of sp³-hybridized carbons (Fsp3) is 0.556. The SMILES string of the molecule is C=CN1C=CN(CCCS(=O)(=O)O)C1C.O. The topological polar surface area (TPSA) is 92.4 Å². The quantitative estimate of drug-likeness (QED) is 0.694. The fourth-order valence-corrected chi connectivity index (χ4v) is 1.98. The predicted molar refractivity (Wildman–Crippen MR) is 62.0 cm³/mol. The van der Waals surface area contributed by atoms with Crippen LogP contribution in [-0.2, 0) is 10.1 Å². The molecule has 0 spiro atoms. The Bertz CT molecular complexity index is 353. The van der Waals surface area contributed by atoms with Crippen molar-refractivity contribution < 1.29 is 18.4 Å². The first-order valence-corrected chi connectivity index (χ1v) is 6.34. The molecule has 0 aromatic heterocycles. The lowest BCUT2D eigenvalue weighted by atomic mass is 10.4. The van der Waals surface area contributed by atoms with Crippen molar-refractivity contribution in [3.8, 4) is 0 Å². The van der Waals surface area contributed by atoms with Gasteiger partial charge in [0.05, 0.1) is 5.75 Å². The standard InChI is InChI=1S/C9H16N2O3S.H2O/c1-3-10-6-7-11(9(10)2)5-4-8-15(12,13)14;/h3,6-7,9H,1,4-5,8H2,2H3,(H,12,13,14);1H2. The highest BCUT2D eigenvalue weighted by atomic mass is 32.2. The van der Waals surface area contributed by atoms with E-state index in [0.29, 0.717) is 13.0 Å². The van der Waals surface area contributed by atoms with E-state index >= 15 is 0 Å². The second-order valence-electron chi connectivity index (χ2n) is 3.44. The van der Waals surface area contributed by atoms with Gasteiger partial charge in [0.1, 0.15) is 6.17 Å². The summed E-state index contributed by atoms with van der Waals surface area (Å²) >= 11 is 0. The van der Waals surface area contributed by atoms with Gasteiger partial charge in [-0.3, -0.25) is 4.55 Å². The van der Waals surface area contributed by atoms with Gasteiger partial charge in [0.2, 0.25) is 0 Å². The van der Waals surface area contributed by atoms with Crippen LogP contribution >= 0.6 is 0 Å². The Morgan fingerprint density at radius 2 is 2.12 bits per heavy atom. The van der Waals surface area contributed by atoms with E-state index in [2.05, 4.69) is 6.58 Å². The molecular formula is C9H18N2O4S. The molecule has 6 nitrogen and oxygen atoms in total. The molecule has 1 unspecified atom stereocenters. The fourth-order valence-electron chi connectivity index (χ4n) is 1.49. The van der Waals surface area contributed by atoms with E-state index in [9.17, 15) is 8.42 Å². The first-order valence-electron chi connectivity index (χ1n) is 4.73. The average Bonchev–Trinajstić information content (AvgIpc) is 2.46. The summed E-state index contributed by atoms with van der Waals surface area (Å²) < 4.78 is 29.6. The Morgan fingerprint density at radius 3 is 2.56 bits per heavy atom. The van der Waals surface area contributed by atoms with E-state index in [0.717, 1.165) is 0 Å².